The molecule has 50 heavy (non-hydrogen) atoms. The van der Waals surface area contributed by atoms with E-state index in [2.05, 4.69) is 140 Å². The number of fused-ring (bicyclic) bond motifs is 6. The molecule has 2 aliphatic carbocycles. The SMILES string of the molecule is C1=CC(c2nc(C3=C(c4ccc5sc6ccccc6c5c4)C=CC4Oc5ccccc5C34)nc(-c3ccc(-c4ccccc4)cc3)n2)=CCC1. The minimum absolute atomic E-state index is 0.0689. The zero-order valence-corrected chi connectivity index (χ0v) is 28.0. The van der Waals surface area contributed by atoms with E-state index in [0.717, 1.165) is 57.6 Å². The Morgan fingerprint density at radius 2 is 1.30 bits per heavy atom. The molecule has 0 N–H and O–H groups in total. The van der Waals surface area contributed by atoms with Crippen molar-refractivity contribution in [1.82, 2.24) is 15.0 Å². The van der Waals surface area contributed by atoms with Crippen LogP contribution in [0.2, 0.25) is 0 Å². The molecule has 238 valence electrons. The van der Waals surface area contributed by atoms with Gasteiger partial charge in [0.25, 0.3) is 0 Å². The molecule has 2 aromatic heterocycles. The maximum Gasteiger partial charge on any atom is 0.164 e. The van der Waals surface area contributed by atoms with Crippen LogP contribution < -0.4 is 4.74 Å². The van der Waals surface area contributed by atoms with E-state index < -0.39 is 0 Å². The number of hydrogen-bond donors (Lipinski definition) is 0. The number of nitrogens with zero attached hydrogens (tertiary/aromatic N) is 3. The number of rotatable bonds is 5. The highest BCUT2D eigenvalue weighted by Gasteiger charge is 2.40. The second-order valence-electron chi connectivity index (χ2n) is 13.0. The molecule has 10 rings (SSSR count). The first-order chi connectivity index (χ1) is 24.8. The molecule has 0 amide bonds. The van der Waals surface area contributed by atoms with Crippen LogP contribution in [0.5, 0.6) is 5.75 Å². The molecule has 0 fully saturated rings. The Morgan fingerprint density at radius 3 is 2.18 bits per heavy atom. The fourth-order valence-corrected chi connectivity index (χ4v) is 8.62. The molecule has 4 nitrogen and oxygen atoms in total. The molecule has 5 heteroatoms. The van der Waals surface area contributed by atoms with Crippen LogP contribution in [0.3, 0.4) is 0 Å². The summed E-state index contributed by atoms with van der Waals surface area (Å²) < 4.78 is 9.14. The van der Waals surface area contributed by atoms with Crippen LogP contribution >= 0.6 is 11.3 Å². The maximum atomic E-state index is 6.57. The molecule has 3 heterocycles. The number of para-hydroxylation sites is 1. The lowest BCUT2D eigenvalue weighted by Crippen LogP contribution is -2.22. The normalized spacial score (nSPS) is 17.9. The highest BCUT2D eigenvalue weighted by atomic mass is 32.1. The maximum absolute atomic E-state index is 6.57. The summed E-state index contributed by atoms with van der Waals surface area (Å²) in [6.45, 7) is 0. The molecule has 3 aliphatic rings. The summed E-state index contributed by atoms with van der Waals surface area (Å²) in [4.78, 5) is 15.7. The predicted molar refractivity (Wildman–Crippen MR) is 206 cm³/mol. The molecular formula is C45H31N3OS. The highest BCUT2D eigenvalue weighted by Crippen LogP contribution is 2.51. The van der Waals surface area contributed by atoms with Gasteiger partial charge in [-0.05, 0) is 65.4 Å². The van der Waals surface area contributed by atoms with Gasteiger partial charge in [0.15, 0.2) is 17.5 Å². The Bertz CT molecular complexity index is 2580. The van der Waals surface area contributed by atoms with Gasteiger partial charge in [-0.3, -0.25) is 0 Å². The zero-order chi connectivity index (χ0) is 33.0. The Balaban J connectivity index is 1.20. The lowest BCUT2D eigenvalue weighted by molar-refractivity contribution is 0.271. The van der Waals surface area contributed by atoms with Crippen molar-refractivity contribution in [2.45, 2.75) is 24.9 Å². The number of allylic oxidation sites excluding steroid dienone is 6. The van der Waals surface area contributed by atoms with Crippen LogP contribution in [0.1, 0.15) is 41.5 Å². The second-order valence-corrected chi connectivity index (χ2v) is 14.1. The average Bonchev–Trinajstić information content (AvgIpc) is 3.76. The first-order valence-corrected chi connectivity index (χ1v) is 18.0. The second kappa shape index (κ2) is 11.9. The van der Waals surface area contributed by atoms with E-state index in [9.17, 15) is 0 Å². The number of ether oxygens (including phenoxy) is 1. The van der Waals surface area contributed by atoms with E-state index >= 15 is 0 Å². The van der Waals surface area contributed by atoms with Crippen molar-refractivity contribution in [3.05, 3.63) is 174 Å². The minimum atomic E-state index is -0.153. The molecule has 0 radical (unpaired) electrons. The van der Waals surface area contributed by atoms with Gasteiger partial charge in [0, 0.05) is 42.4 Å². The Hall–Kier alpha value is -5.91. The van der Waals surface area contributed by atoms with Crippen LogP contribution in [0.15, 0.2) is 152 Å². The van der Waals surface area contributed by atoms with Crippen LogP contribution in [0.4, 0.5) is 0 Å². The van der Waals surface area contributed by atoms with Crippen molar-refractivity contribution in [3.8, 4) is 28.3 Å². The monoisotopic (exact) mass is 661 g/mol. The van der Waals surface area contributed by atoms with E-state index in [-0.39, 0.29) is 12.0 Å². The lowest BCUT2D eigenvalue weighted by Gasteiger charge is -2.26. The summed E-state index contributed by atoms with van der Waals surface area (Å²) in [6, 6.07) is 42.9. The standard InChI is InChI=1S/C45H31N3OS/c1-3-11-28(12-4-1)29-19-21-31(22-20-29)44-46-43(30-13-5-2-6-14-30)47-45(48-44)42-33(24-25-38-41(42)35-16-7-9-17-37(35)49-38)32-23-26-40-36(27-32)34-15-8-10-18-39(34)50-40/h1,3-5,7-27,38,41H,2,6H2. The third-order valence-corrected chi connectivity index (χ3v) is 11.1. The van der Waals surface area contributed by atoms with E-state index in [1.54, 1.807) is 0 Å². The average molecular weight is 662 g/mol. The molecule has 0 spiro atoms. The number of aromatic nitrogens is 3. The topological polar surface area (TPSA) is 47.9 Å². The quantitative estimate of drug-likeness (QED) is 0.184. The molecule has 5 aromatic carbocycles. The van der Waals surface area contributed by atoms with Gasteiger partial charge in [0.2, 0.25) is 0 Å². The van der Waals surface area contributed by atoms with Crippen LogP contribution in [-0.4, -0.2) is 21.1 Å². The summed E-state index contributed by atoms with van der Waals surface area (Å²) in [6.07, 6.45) is 12.8. The number of thiophene rings is 1. The van der Waals surface area contributed by atoms with Crippen molar-refractivity contribution >= 4 is 48.2 Å². The van der Waals surface area contributed by atoms with Crippen molar-refractivity contribution in [2.75, 3.05) is 0 Å². The summed E-state index contributed by atoms with van der Waals surface area (Å²) in [5.41, 5.74) is 8.79. The van der Waals surface area contributed by atoms with E-state index in [0.29, 0.717) is 17.5 Å². The lowest BCUT2D eigenvalue weighted by atomic mass is 9.79. The van der Waals surface area contributed by atoms with Gasteiger partial charge in [-0.2, -0.15) is 0 Å². The van der Waals surface area contributed by atoms with Crippen LogP contribution in [0, 0.1) is 0 Å². The molecular weight excluding hydrogens is 631 g/mol. The van der Waals surface area contributed by atoms with Gasteiger partial charge in [0.05, 0.1) is 5.92 Å². The fourth-order valence-electron chi connectivity index (χ4n) is 7.54. The van der Waals surface area contributed by atoms with Gasteiger partial charge in [-0.1, -0.05) is 121 Å². The van der Waals surface area contributed by atoms with Crippen LogP contribution in [0.25, 0.3) is 59.4 Å². The van der Waals surface area contributed by atoms with Gasteiger partial charge < -0.3 is 4.74 Å². The molecule has 1 aliphatic heterocycles. The number of benzene rings is 5. The Morgan fingerprint density at radius 1 is 0.580 bits per heavy atom. The molecule has 0 bridgehead atoms. The smallest absolute Gasteiger partial charge is 0.164 e. The van der Waals surface area contributed by atoms with Gasteiger partial charge >= 0.3 is 0 Å². The molecule has 7 aromatic rings. The van der Waals surface area contributed by atoms with E-state index in [1.165, 1.54) is 25.7 Å². The van der Waals surface area contributed by atoms with Gasteiger partial charge in [0.1, 0.15) is 11.9 Å². The summed E-state index contributed by atoms with van der Waals surface area (Å²) in [7, 11) is 0. The third-order valence-electron chi connectivity index (χ3n) is 9.97. The minimum Gasteiger partial charge on any atom is -0.485 e. The van der Waals surface area contributed by atoms with Crippen molar-refractivity contribution in [1.29, 1.82) is 0 Å². The number of hydrogen-bond acceptors (Lipinski definition) is 5. The van der Waals surface area contributed by atoms with Gasteiger partial charge in [-0.15, -0.1) is 11.3 Å². The van der Waals surface area contributed by atoms with E-state index in [4.69, 9.17) is 19.7 Å². The largest absolute Gasteiger partial charge is 0.485 e. The highest BCUT2D eigenvalue weighted by molar-refractivity contribution is 7.25. The Kier molecular flexibility index (Phi) is 6.91. The van der Waals surface area contributed by atoms with Crippen molar-refractivity contribution in [2.24, 2.45) is 0 Å². The summed E-state index contributed by atoms with van der Waals surface area (Å²) >= 11 is 1.84. The molecule has 2 atom stereocenters. The summed E-state index contributed by atoms with van der Waals surface area (Å²) in [5, 5.41) is 2.55. The zero-order valence-electron chi connectivity index (χ0n) is 27.2. The van der Waals surface area contributed by atoms with Crippen molar-refractivity contribution < 1.29 is 4.74 Å². The first kappa shape index (κ1) is 29.0. The predicted octanol–water partition coefficient (Wildman–Crippen LogP) is 11.3. The third kappa shape index (κ3) is 4.93. The van der Waals surface area contributed by atoms with Crippen molar-refractivity contribution in [3.63, 3.8) is 0 Å². The molecule has 0 saturated heterocycles. The van der Waals surface area contributed by atoms with Gasteiger partial charge in [-0.25, -0.2) is 15.0 Å². The molecule has 0 saturated carbocycles. The summed E-state index contributed by atoms with van der Waals surface area (Å²) in [5.74, 6) is 2.88. The van der Waals surface area contributed by atoms with E-state index in [1.807, 2.05) is 23.5 Å². The first-order valence-electron chi connectivity index (χ1n) is 17.2. The fraction of sp³-hybridized carbons (Fsp3) is 0.0889. The molecule has 2 unspecified atom stereocenters. The Labute approximate surface area is 294 Å². The van der Waals surface area contributed by atoms with Crippen LogP contribution in [-0.2, 0) is 0 Å².